The summed E-state index contributed by atoms with van der Waals surface area (Å²) in [5, 5.41) is 1.21. The highest BCUT2D eigenvalue weighted by Crippen LogP contribution is 2.26. The first-order valence-electron chi connectivity index (χ1n) is 10.4. The third kappa shape index (κ3) is 4.72. The van der Waals surface area contributed by atoms with Gasteiger partial charge in [0.05, 0.1) is 24.4 Å². The van der Waals surface area contributed by atoms with Crippen LogP contribution in [0.2, 0.25) is 0 Å². The van der Waals surface area contributed by atoms with Gasteiger partial charge >= 0.3 is 0 Å². The van der Waals surface area contributed by atoms with Gasteiger partial charge in [0.2, 0.25) is 0 Å². The molecule has 0 N–H and O–H groups in total. The van der Waals surface area contributed by atoms with Crippen molar-refractivity contribution in [1.29, 1.82) is 0 Å². The summed E-state index contributed by atoms with van der Waals surface area (Å²) < 4.78 is 5.49. The number of carbonyl (C=O) groups excluding carboxylic acids is 1. The van der Waals surface area contributed by atoms with Crippen LogP contribution in [0.25, 0.3) is 22.2 Å². The number of Topliss-reactive ketones (excluding diaryl/α,β-unsaturated/α-hetero) is 1. The van der Waals surface area contributed by atoms with Gasteiger partial charge in [0.25, 0.3) is 0 Å². The quantitative estimate of drug-likeness (QED) is 0.623. The normalized spacial score (nSPS) is 15.1. The SMILES string of the molecule is CC(C)C(=O)Cc1ccc(-c2cc(CN3CCOCC3)c3ccccc3n2)cc1. The average Bonchev–Trinajstić information content (AvgIpc) is 2.75. The smallest absolute Gasteiger partial charge is 0.139 e. The number of pyridine rings is 1. The number of benzene rings is 2. The lowest BCUT2D eigenvalue weighted by Gasteiger charge is -2.27. The van der Waals surface area contributed by atoms with Gasteiger partial charge in [-0.1, -0.05) is 56.3 Å². The lowest BCUT2D eigenvalue weighted by atomic mass is 9.98. The van der Waals surface area contributed by atoms with E-state index in [-0.39, 0.29) is 11.7 Å². The molecule has 0 radical (unpaired) electrons. The van der Waals surface area contributed by atoms with Crippen LogP contribution in [0, 0.1) is 5.92 Å². The molecule has 0 saturated carbocycles. The summed E-state index contributed by atoms with van der Waals surface area (Å²) in [6.07, 6.45) is 0.491. The van der Waals surface area contributed by atoms with Gasteiger partial charge in [-0.05, 0) is 23.3 Å². The fourth-order valence-corrected chi connectivity index (χ4v) is 3.73. The van der Waals surface area contributed by atoms with E-state index >= 15 is 0 Å². The molecule has 2 aromatic carbocycles. The zero-order valence-electron chi connectivity index (χ0n) is 17.2. The van der Waals surface area contributed by atoms with E-state index in [0.717, 1.165) is 55.2 Å². The number of nitrogens with zero attached hydrogens (tertiary/aromatic N) is 2. The van der Waals surface area contributed by atoms with E-state index < -0.39 is 0 Å². The first kappa shape index (κ1) is 19.7. The van der Waals surface area contributed by atoms with Gasteiger partial charge in [-0.25, -0.2) is 4.98 Å². The molecule has 2 heterocycles. The molecular formula is C25H28N2O2. The minimum Gasteiger partial charge on any atom is -0.379 e. The van der Waals surface area contributed by atoms with Crippen molar-refractivity contribution in [1.82, 2.24) is 9.88 Å². The number of morpholine rings is 1. The minimum absolute atomic E-state index is 0.0691. The molecule has 150 valence electrons. The molecule has 4 heteroatoms. The Labute approximate surface area is 172 Å². The van der Waals surface area contributed by atoms with E-state index in [0.29, 0.717) is 6.42 Å². The molecule has 4 rings (SSSR count). The lowest BCUT2D eigenvalue weighted by Crippen LogP contribution is -2.35. The first-order valence-corrected chi connectivity index (χ1v) is 10.4. The number of hydrogen-bond acceptors (Lipinski definition) is 4. The zero-order valence-corrected chi connectivity index (χ0v) is 17.2. The number of para-hydroxylation sites is 1. The fourth-order valence-electron chi connectivity index (χ4n) is 3.73. The average molecular weight is 389 g/mol. The van der Waals surface area contributed by atoms with Crippen LogP contribution >= 0.6 is 0 Å². The van der Waals surface area contributed by atoms with Crippen LogP contribution in [-0.2, 0) is 22.5 Å². The largest absolute Gasteiger partial charge is 0.379 e. The maximum absolute atomic E-state index is 12.0. The van der Waals surface area contributed by atoms with Crippen LogP contribution in [0.15, 0.2) is 54.6 Å². The molecule has 1 fully saturated rings. The molecular weight excluding hydrogens is 360 g/mol. The third-order valence-corrected chi connectivity index (χ3v) is 5.57. The Morgan fingerprint density at radius 3 is 2.52 bits per heavy atom. The van der Waals surface area contributed by atoms with E-state index in [1.54, 1.807) is 0 Å². The molecule has 1 saturated heterocycles. The standard InChI is InChI=1S/C25H28N2O2/c1-18(2)25(28)15-19-7-9-20(10-8-19)24-16-21(17-27-11-13-29-14-12-27)22-5-3-4-6-23(22)26-24/h3-10,16,18H,11-15,17H2,1-2H3. The molecule has 1 aliphatic rings. The Morgan fingerprint density at radius 2 is 1.79 bits per heavy atom. The highest BCUT2D eigenvalue weighted by Gasteiger charge is 2.14. The maximum Gasteiger partial charge on any atom is 0.139 e. The van der Waals surface area contributed by atoms with Crippen molar-refractivity contribution in [3.63, 3.8) is 0 Å². The summed E-state index contributed by atoms with van der Waals surface area (Å²) in [5.41, 5.74) is 5.44. The fraction of sp³-hybridized carbons (Fsp3) is 0.360. The van der Waals surface area contributed by atoms with Gasteiger partial charge in [0, 0.05) is 42.9 Å². The van der Waals surface area contributed by atoms with Crippen molar-refractivity contribution in [3.05, 3.63) is 65.7 Å². The number of fused-ring (bicyclic) bond motifs is 1. The predicted molar refractivity (Wildman–Crippen MR) is 117 cm³/mol. The highest BCUT2D eigenvalue weighted by molar-refractivity contribution is 5.85. The number of carbonyl (C=O) groups is 1. The molecule has 0 bridgehead atoms. The van der Waals surface area contributed by atoms with E-state index in [1.807, 2.05) is 32.0 Å². The number of ketones is 1. The topological polar surface area (TPSA) is 42.4 Å². The molecule has 0 spiro atoms. The summed E-state index contributed by atoms with van der Waals surface area (Å²) in [6.45, 7) is 8.33. The van der Waals surface area contributed by atoms with Gasteiger partial charge in [-0.15, -0.1) is 0 Å². The Hall–Kier alpha value is -2.56. The van der Waals surface area contributed by atoms with E-state index in [9.17, 15) is 4.79 Å². The van der Waals surface area contributed by atoms with Gasteiger partial charge in [0.1, 0.15) is 5.78 Å². The van der Waals surface area contributed by atoms with Crippen LogP contribution < -0.4 is 0 Å². The summed E-state index contributed by atoms with van der Waals surface area (Å²) in [7, 11) is 0. The van der Waals surface area contributed by atoms with E-state index in [1.165, 1.54) is 10.9 Å². The Morgan fingerprint density at radius 1 is 1.07 bits per heavy atom. The maximum atomic E-state index is 12.0. The van der Waals surface area contributed by atoms with Crippen LogP contribution in [0.5, 0.6) is 0 Å². The summed E-state index contributed by atoms with van der Waals surface area (Å²) in [4.78, 5) is 19.4. The van der Waals surface area contributed by atoms with Crippen molar-refractivity contribution >= 4 is 16.7 Å². The Balaban J connectivity index is 1.64. The molecule has 0 amide bonds. The molecule has 1 aromatic heterocycles. The Bertz CT molecular complexity index is 989. The number of hydrogen-bond donors (Lipinski definition) is 0. The van der Waals surface area contributed by atoms with Crippen LogP contribution in [-0.4, -0.2) is 42.0 Å². The predicted octanol–water partition coefficient (Wildman–Crippen LogP) is 4.50. The van der Waals surface area contributed by atoms with Gasteiger partial charge in [-0.3, -0.25) is 9.69 Å². The second-order valence-corrected chi connectivity index (χ2v) is 8.07. The lowest BCUT2D eigenvalue weighted by molar-refractivity contribution is -0.121. The number of rotatable bonds is 6. The number of aromatic nitrogens is 1. The van der Waals surface area contributed by atoms with Crippen molar-refractivity contribution < 1.29 is 9.53 Å². The van der Waals surface area contributed by atoms with Gasteiger partial charge < -0.3 is 4.74 Å². The van der Waals surface area contributed by atoms with Crippen LogP contribution in [0.4, 0.5) is 0 Å². The van der Waals surface area contributed by atoms with Gasteiger partial charge in [-0.2, -0.15) is 0 Å². The monoisotopic (exact) mass is 388 g/mol. The summed E-state index contributed by atoms with van der Waals surface area (Å²) in [6, 6.07) is 18.8. The first-order chi connectivity index (χ1) is 14.1. The van der Waals surface area contributed by atoms with E-state index in [2.05, 4.69) is 41.3 Å². The van der Waals surface area contributed by atoms with Gasteiger partial charge in [0.15, 0.2) is 0 Å². The van der Waals surface area contributed by atoms with Crippen molar-refractivity contribution in [2.45, 2.75) is 26.8 Å². The Kier molecular flexibility index (Phi) is 6.02. The molecule has 0 atom stereocenters. The molecule has 0 aliphatic carbocycles. The number of ether oxygens (including phenoxy) is 1. The van der Waals surface area contributed by atoms with Crippen molar-refractivity contribution in [2.24, 2.45) is 5.92 Å². The second-order valence-electron chi connectivity index (χ2n) is 8.07. The molecule has 0 unspecified atom stereocenters. The molecule has 29 heavy (non-hydrogen) atoms. The van der Waals surface area contributed by atoms with Crippen molar-refractivity contribution in [2.75, 3.05) is 26.3 Å². The van der Waals surface area contributed by atoms with E-state index in [4.69, 9.17) is 9.72 Å². The van der Waals surface area contributed by atoms with Crippen molar-refractivity contribution in [3.8, 4) is 11.3 Å². The van der Waals surface area contributed by atoms with Crippen LogP contribution in [0.3, 0.4) is 0 Å². The molecule has 1 aliphatic heterocycles. The molecule has 4 nitrogen and oxygen atoms in total. The zero-order chi connectivity index (χ0) is 20.2. The summed E-state index contributed by atoms with van der Waals surface area (Å²) in [5.74, 6) is 0.342. The second kappa shape index (κ2) is 8.85. The highest BCUT2D eigenvalue weighted by atomic mass is 16.5. The van der Waals surface area contributed by atoms with Crippen LogP contribution in [0.1, 0.15) is 25.0 Å². The molecule has 3 aromatic rings. The minimum atomic E-state index is 0.0691. The summed E-state index contributed by atoms with van der Waals surface area (Å²) >= 11 is 0. The third-order valence-electron chi connectivity index (χ3n) is 5.57.